The quantitative estimate of drug-likeness (QED) is 0.886. The second-order valence-electron chi connectivity index (χ2n) is 5.19. The molecule has 1 aliphatic rings. The fourth-order valence-electron chi connectivity index (χ4n) is 2.24. The molecular weight excluding hydrogens is 304 g/mol. The summed E-state index contributed by atoms with van der Waals surface area (Å²) in [6.07, 6.45) is 1.47. The molecule has 1 aromatic carbocycles. The predicted octanol–water partition coefficient (Wildman–Crippen LogP) is 4.10. The highest BCUT2D eigenvalue weighted by Gasteiger charge is 2.29. The molecule has 100 valence electrons. The molecule has 1 saturated heterocycles. The van der Waals surface area contributed by atoms with Crippen LogP contribution in [0.4, 0.5) is 14.5 Å². The molecule has 0 spiro atoms. The molecule has 0 radical (unpaired) electrons. The van der Waals surface area contributed by atoms with Crippen LogP contribution in [0, 0.1) is 11.6 Å². The molecule has 1 aliphatic heterocycles. The number of hydrogen-bond acceptors (Lipinski definition) is 2. The van der Waals surface area contributed by atoms with Gasteiger partial charge >= 0.3 is 0 Å². The monoisotopic (exact) mass is 319 g/mol. The maximum atomic E-state index is 13.7. The van der Waals surface area contributed by atoms with E-state index >= 15 is 0 Å². The molecule has 0 aliphatic carbocycles. The molecule has 1 aromatic rings. The zero-order valence-corrected chi connectivity index (χ0v) is 12.0. The van der Waals surface area contributed by atoms with Gasteiger partial charge in [-0.15, -0.1) is 0 Å². The fourth-order valence-corrected chi connectivity index (χ4v) is 2.64. The third-order valence-corrected chi connectivity index (χ3v) is 3.51. The zero-order valence-electron chi connectivity index (χ0n) is 10.4. The molecule has 18 heavy (non-hydrogen) atoms. The Morgan fingerprint density at radius 3 is 2.50 bits per heavy atom. The minimum atomic E-state index is -0.578. The van der Waals surface area contributed by atoms with E-state index in [0.717, 1.165) is 12.8 Å². The Labute approximate surface area is 114 Å². The first-order valence-corrected chi connectivity index (χ1v) is 6.72. The number of anilines is 1. The van der Waals surface area contributed by atoms with E-state index in [1.165, 1.54) is 12.1 Å². The van der Waals surface area contributed by atoms with Gasteiger partial charge in [0.25, 0.3) is 0 Å². The summed E-state index contributed by atoms with van der Waals surface area (Å²) in [6, 6.07) is 2.55. The topological polar surface area (TPSA) is 21.3 Å². The summed E-state index contributed by atoms with van der Waals surface area (Å²) < 4.78 is 33.4. The summed E-state index contributed by atoms with van der Waals surface area (Å²) in [5.74, 6) is -1.16. The Morgan fingerprint density at radius 1 is 1.33 bits per heavy atom. The minimum Gasteiger partial charge on any atom is -0.377 e. The molecule has 0 bridgehead atoms. The Balaban J connectivity index is 2.14. The highest BCUT2D eigenvalue weighted by atomic mass is 79.9. The van der Waals surface area contributed by atoms with Crippen LogP contribution in [-0.4, -0.2) is 18.2 Å². The van der Waals surface area contributed by atoms with Crippen LogP contribution in [0.2, 0.25) is 0 Å². The van der Waals surface area contributed by atoms with E-state index in [4.69, 9.17) is 4.74 Å². The van der Waals surface area contributed by atoms with Crippen molar-refractivity contribution < 1.29 is 13.5 Å². The molecule has 1 atom stereocenters. The van der Waals surface area contributed by atoms with Crippen LogP contribution in [0.3, 0.4) is 0 Å². The number of ether oxygens (including phenoxy) is 1. The lowest BCUT2D eigenvalue weighted by molar-refractivity contribution is -0.0553. The molecule has 0 aromatic heterocycles. The van der Waals surface area contributed by atoms with Gasteiger partial charge in [0, 0.05) is 17.1 Å². The first-order valence-electron chi connectivity index (χ1n) is 5.92. The van der Waals surface area contributed by atoms with Crippen LogP contribution >= 0.6 is 15.9 Å². The zero-order chi connectivity index (χ0) is 13.3. The lowest BCUT2D eigenvalue weighted by atomic mass is 9.94. The average Bonchev–Trinajstić information content (AvgIpc) is 2.22. The molecule has 0 amide bonds. The van der Waals surface area contributed by atoms with E-state index in [2.05, 4.69) is 21.2 Å². The summed E-state index contributed by atoms with van der Waals surface area (Å²) in [5, 5.41) is 2.95. The summed E-state index contributed by atoms with van der Waals surface area (Å²) >= 11 is 3.06. The second kappa shape index (κ2) is 5.13. The summed E-state index contributed by atoms with van der Waals surface area (Å²) in [6.45, 7) is 4.56. The third-order valence-electron chi connectivity index (χ3n) is 3.05. The smallest absolute Gasteiger partial charge is 0.150 e. The van der Waals surface area contributed by atoms with Crippen molar-refractivity contribution in [3.8, 4) is 0 Å². The lowest BCUT2D eigenvalue weighted by Gasteiger charge is -2.36. The highest BCUT2D eigenvalue weighted by Crippen LogP contribution is 2.29. The normalized spacial score (nSPS) is 22.8. The number of hydrogen-bond donors (Lipinski definition) is 1. The first-order chi connectivity index (χ1) is 8.37. The summed E-state index contributed by atoms with van der Waals surface area (Å²) in [4.78, 5) is 0. The van der Waals surface area contributed by atoms with Crippen LogP contribution in [0.25, 0.3) is 0 Å². The van der Waals surface area contributed by atoms with Crippen molar-refractivity contribution in [2.24, 2.45) is 0 Å². The summed E-state index contributed by atoms with van der Waals surface area (Å²) in [5.41, 5.74) is -0.306. The molecule has 1 N–H and O–H groups in total. The largest absolute Gasteiger partial charge is 0.377 e. The van der Waals surface area contributed by atoms with Crippen LogP contribution in [0.15, 0.2) is 16.6 Å². The van der Waals surface area contributed by atoms with Crippen LogP contribution in [0.1, 0.15) is 26.7 Å². The van der Waals surface area contributed by atoms with Crippen LogP contribution in [-0.2, 0) is 4.74 Å². The maximum absolute atomic E-state index is 13.7. The Hall–Kier alpha value is -0.680. The van der Waals surface area contributed by atoms with Gasteiger partial charge in [0.15, 0.2) is 0 Å². The molecular formula is C13H16BrF2NO. The van der Waals surface area contributed by atoms with Crippen molar-refractivity contribution >= 4 is 21.6 Å². The number of benzene rings is 1. The molecule has 1 fully saturated rings. The molecule has 5 heteroatoms. The van der Waals surface area contributed by atoms with Gasteiger partial charge in [-0.05, 0) is 38.8 Å². The van der Waals surface area contributed by atoms with Gasteiger partial charge < -0.3 is 10.1 Å². The van der Waals surface area contributed by atoms with Crippen molar-refractivity contribution in [2.45, 2.75) is 38.3 Å². The van der Waals surface area contributed by atoms with Crippen molar-refractivity contribution in [2.75, 3.05) is 11.9 Å². The van der Waals surface area contributed by atoms with Crippen molar-refractivity contribution in [1.29, 1.82) is 0 Å². The van der Waals surface area contributed by atoms with Gasteiger partial charge in [-0.25, -0.2) is 8.78 Å². The number of rotatable bonds is 2. The van der Waals surface area contributed by atoms with Gasteiger partial charge in [-0.1, -0.05) is 15.9 Å². The molecule has 2 nitrogen and oxygen atoms in total. The third kappa shape index (κ3) is 3.20. The Kier molecular flexibility index (Phi) is 3.92. The maximum Gasteiger partial charge on any atom is 0.150 e. The van der Waals surface area contributed by atoms with E-state index in [1.807, 2.05) is 13.8 Å². The van der Waals surface area contributed by atoms with E-state index in [1.54, 1.807) is 0 Å². The average molecular weight is 320 g/mol. The van der Waals surface area contributed by atoms with Crippen molar-refractivity contribution in [3.05, 3.63) is 28.2 Å². The number of halogens is 3. The Bertz CT molecular complexity index is 428. The minimum absolute atomic E-state index is 0.0268. The molecule has 1 unspecified atom stereocenters. The van der Waals surface area contributed by atoms with Crippen LogP contribution in [0.5, 0.6) is 0 Å². The van der Waals surface area contributed by atoms with Gasteiger partial charge in [0.2, 0.25) is 0 Å². The fraction of sp³-hybridized carbons (Fsp3) is 0.538. The van der Waals surface area contributed by atoms with E-state index in [9.17, 15) is 8.78 Å². The van der Waals surface area contributed by atoms with Crippen molar-refractivity contribution in [3.63, 3.8) is 0 Å². The standard InChI is InChI=1S/C13H16BrF2NO/c1-13(2)7-9(3-4-18-13)17-12-10(15)5-8(14)6-11(12)16/h5-6,9,17H,3-4,7H2,1-2H3. The second-order valence-corrected chi connectivity index (χ2v) is 6.10. The van der Waals surface area contributed by atoms with Gasteiger partial charge in [-0.3, -0.25) is 0 Å². The molecule has 2 rings (SSSR count). The predicted molar refractivity (Wildman–Crippen MR) is 70.7 cm³/mol. The van der Waals surface area contributed by atoms with E-state index in [0.29, 0.717) is 11.1 Å². The SMILES string of the molecule is CC1(C)CC(Nc2c(F)cc(Br)cc2F)CCO1. The van der Waals surface area contributed by atoms with Crippen molar-refractivity contribution in [1.82, 2.24) is 0 Å². The van der Waals surface area contributed by atoms with Gasteiger partial charge in [0.05, 0.1) is 5.60 Å². The Morgan fingerprint density at radius 2 is 1.94 bits per heavy atom. The summed E-state index contributed by atoms with van der Waals surface area (Å²) in [7, 11) is 0. The van der Waals surface area contributed by atoms with E-state index < -0.39 is 11.6 Å². The van der Waals surface area contributed by atoms with E-state index in [-0.39, 0.29) is 17.3 Å². The molecule has 1 heterocycles. The lowest BCUT2D eigenvalue weighted by Crippen LogP contribution is -2.40. The van der Waals surface area contributed by atoms with Gasteiger partial charge in [-0.2, -0.15) is 0 Å². The van der Waals surface area contributed by atoms with Crippen LogP contribution < -0.4 is 5.32 Å². The molecule has 0 saturated carbocycles. The van der Waals surface area contributed by atoms with Gasteiger partial charge in [0.1, 0.15) is 17.3 Å². The first kappa shape index (κ1) is 13.7. The number of nitrogens with one attached hydrogen (secondary N) is 1. The highest BCUT2D eigenvalue weighted by molar-refractivity contribution is 9.10.